The van der Waals surface area contributed by atoms with Crippen LogP contribution in [0.1, 0.15) is 19.8 Å². The number of hydrogen-bond acceptors (Lipinski definition) is 4. The second kappa shape index (κ2) is 6.75. The minimum Gasteiger partial charge on any atom is -0.368 e. The van der Waals surface area contributed by atoms with Gasteiger partial charge in [0, 0.05) is 25.7 Å². The van der Waals surface area contributed by atoms with Crippen LogP contribution < -0.4 is 10.6 Å². The van der Waals surface area contributed by atoms with E-state index in [0.717, 1.165) is 13.0 Å². The molecule has 0 saturated carbocycles. The molecule has 0 spiro atoms. The molecule has 2 N–H and O–H groups in total. The number of anilines is 1. The normalized spacial score (nSPS) is 9.67. The average Bonchev–Trinajstić information content (AvgIpc) is 2.28. The molecule has 1 amide bonds. The summed E-state index contributed by atoms with van der Waals surface area (Å²) in [5.41, 5.74) is 0. The van der Waals surface area contributed by atoms with Crippen molar-refractivity contribution < 1.29 is 4.79 Å². The lowest BCUT2D eigenvalue weighted by atomic mass is 10.3. The maximum Gasteiger partial charge on any atom is 0.221 e. The minimum absolute atomic E-state index is 0.0632. The Morgan fingerprint density at radius 1 is 1.47 bits per heavy atom. The fraction of sp³-hybridized carbons (Fsp3) is 0.500. The number of hydrogen-bond donors (Lipinski definition) is 2. The van der Waals surface area contributed by atoms with E-state index >= 15 is 0 Å². The van der Waals surface area contributed by atoms with Crippen LogP contribution in [0, 0.1) is 0 Å². The maximum absolute atomic E-state index is 11.2. The van der Waals surface area contributed by atoms with Crippen molar-refractivity contribution in [3.63, 3.8) is 0 Å². The zero-order chi connectivity index (χ0) is 10.9. The second-order valence-electron chi connectivity index (χ2n) is 3.14. The zero-order valence-electron chi connectivity index (χ0n) is 8.86. The van der Waals surface area contributed by atoms with Crippen LogP contribution >= 0.6 is 0 Å². The van der Waals surface area contributed by atoms with Crippen molar-refractivity contribution in [1.29, 1.82) is 0 Å². The molecule has 0 saturated heterocycles. The predicted molar refractivity (Wildman–Crippen MR) is 58.4 cm³/mol. The Morgan fingerprint density at radius 2 is 2.33 bits per heavy atom. The molecule has 5 heteroatoms. The Hall–Kier alpha value is -1.65. The Kier molecular flexibility index (Phi) is 5.14. The first-order chi connectivity index (χ1) is 7.33. The lowest BCUT2D eigenvalue weighted by Crippen LogP contribution is -2.25. The molecule has 5 nitrogen and oxygen atoms in total. The molecule has 1 heterocycles. The molecular weight excluding hydrogens is 192 g/mol. The molecule has 15 heavy (non-hydrogen) atoms. The average molecular weight is 208 g/mol. The third-order valence-electron chi connectivity index (χ3n) is 1.80. The van der Waals surface area contributed by atoms with Gasteiger partial charge >= 0.3 is 0 Å². The predicted octanol–water partition coefficient (Wildman–Crippen LogP) is 0.805. The highest BCUT2D eigenvalue weighted by Crippen LogP contribution is 1.97. The van der Waals surface area contributed by atoms with Crippen LogP contribution in [0.25, 0.3) is 0 Å². The number of nitrogens with one attached hydrogen (secondary N) is 2. The molecule has 1 aromatic heterocycles. The van der Waals surface area contributed by atoms with Crippen molar-refractivity contribution in [2.75, 3.05) is 18.4 Å². The largest absolute Gasteiger partial charge is 0.368 e. The molecular formula is C10H16N4O. The Morgan fingerprint density at radius 3 is 3.00 bits per heavy atom. The van der Waals surface area contributed by atoms with Crippen molar-refractivity contribution in [3.8, 4) is 0 Å². The molecule has 0 unspecified atom stereocenters. The summed E-state index contributed by atoms with van der Waals surface area (Å²) in [6.45, 7) is 3.34. The van der Waals surface area contributed by atoms with E-state index in [1.165, 1.54) is 0 Å². The molecule has 0 aromatic carbocycles. The fourth-order valence-electron chi connectivity index (χ4n) is 1.05. The summed E-state index contributed by atoms with van der Waals surface area (Å²) in [5.74, 6) is 0.758. The second-order valence-corrected chi connectivity index (χ2v) is 3.14. The van der Waals surface area contributed by atoms with Crippen molar-refractivity contribution >= 4 is 11.7 Å². The van der Waals surface area contributed by atoms with Gasteiger partial charge < -0.3 is 10.6 Å². The first-order valence-corrected chi connectivity index (χ1v) is 5.11. The van der Waals surface area contributed by atoms with Gasteiger partial charge in [-0.05, 0) is 18.6 Å². The van der Waals surface area contributed by atoms with Gasteiger partial charge in [-0.3, -0.25) is 4.79 Å². The highest BCUT2D eigenvalue weighted by atomic mass is 16.1. The maximum atomic E-state index is 11.2. The monoisotopic (exact) mass is 208 g/mol. The topological polar surface area (TPSA) is 66.9 Å². The lowest BCUT2D eigenvalue weighted by Gasteiger charge is -2.04. The molecule has 82 valence electrons. The molecule has 0 aliphatic heterocycles. The van der Waals surface area contributed by atoms with Crippen LogP contribution in [0.15, 0.2) is 18.3 Å². The van der Waals surface area contributed by atoms with Gasteiger partial charge in [0.2, 0.25) is 5.91 Å². The van der Waals surface area contributed by atoms with Crippen LogP contribution in [-0.2, 0) is 4.79 Å². The number of carbonyl (C=O) groups is 1. The quantitative estimate of drug-likeness (QED) is 0.725. The molecule has 0 fully saturated rings. The standard InChI is InChI=1S/C10H16N4O/c1-2-6-12-10(15)5-8-11-9-4-3-7-13-14-9/h3-4,7H,2,5-6,8H2,1H3,(H,11,14)(H,12,15). The van der Waals surface area contributed by atoms with E-state index < -0.39 is 0 Å². The third-order valence-corrected chi connectivity index (χ3v) is 1.80. The van der Waals surface area contributed by atoms with Crippen LogP contribution in [-0.4, -0.2) is 29.2 Å². The summed E-state index contributed by atoms with van der Waals surface area (Å²) in [6.07, 6.45) is 3.03. The van der Waals surface area contributed by atoms with Crippen LogP contribution in [0.5, 0.6) is 0 Å². The zero-order valence-corrected chi connectivity index (χ0v) is 8.86. The minimum atomic E-state index is 0.0632. The van der Waals surface area contributed by atoms with Gasteiger partial charge in [0.1, 0.15) is 5.82 Å². The third kappa shape index (κ3) is 4.95. The molecule has 0 radical (unpaired) electrons. The Labute approximate surface area is 89.3 Å². The summed E-state index contributed by atoms with van der Waals surface area (Å²) in [4.78, 5) is 11.2. The van der Waals surface area contributed by atoms with Gasteiger partial charge in [-0.25, -0.2) is 0 Å². The molecule has 0 bridgehead atoms. The van der Waals surface area contributed by atoms with E-state index in [4.69, 9.17) is 0 Å². The number of aromatic nitrogens is 2. The highest BCUT2D eigenvalue weighted by molar-refractivity contribution is 5.76. The first kappa shape index (κ1) is 11.4. The van der Waals surface area contributed by atoms with Crippen LogP contribution in [0.3, 0.4) is 0 Å². The van der Waals surface area contributed by atoms with Crippen molar-refractivity contribution in [1.82, 2.24) is 15.5 Å². The molecule has 1 rings (SSSR count). The van der Waals surface area contributed by atoms with Crippen molar-refractivity contribution in [2.45, 2.75) is 19.8 Å². The Bertz CT molecular complexity index is 289. The fourth-order valence-corrected chi connectivity index (χ4v) is 1.05. The van der Waals surface area contributed by atoms with Gasteiger partial charge in [0.05, 0.1) is 0 Å². The molecule has 0 atom stereocenters. The highest BCUT2D eigenvalue weighted by Gasteiger charge is 1.99. The molecule has 0 aliphatic carbocycles. The number of nitrogens with zero attached hydrogens (tertiary/aromatic N) is 2. The lowest BCUT2D eigenvalue weighted by molar-refractivity contribution is -0.120. The van der Waals surface area contributed by atoms with Gasteiger partial charge in [-0.15, -0.1) is 5.10 Å². The summed E-state index contributed by atoms with van der Waals surface area (Å²) in [5, 5.41) is 13.4. The van der Waals surface area contributed by atoms with Crippen molar-refractivity contribution in [3.05, 3.63) is 18.3 Å². The van der Waals surface area contributed by atoms with Gasteiger partial charge in [0.15, 0.2) is 0 Å². The van der Waals surface area contributed by atoms with Gasteiger partial charge in [0.25, 0.3) is 0 Å². The number of rotatable bonds is 6. The van der Waals surface area contributed by atoms with Crippen LogP contribution in [0.4, 0.5) is 5.82 Å². The summed E-state index contributed by atoms with van der Waals surface area (Å²) in [6, 6.07) is 3.61. The van der Waals surface area contributed by atoms with E-state index in [1.807, 2.05) is 13.0 Å². The SMILES string of the molecule is CCCNC(=O)CCNc1cccnn1. The first-order valence-electron chi connectivity index (χ1n) is 5.11. The van der Waals surface area contributed by atoms with E-state index in [9.17, 15) is 4.79 Å². The van der Waals surface area contributed by atoms with Crippen LogP contribution in [0.2, 0.25) is 0 Å². The van der Waals surface area contributed by atoms with E-state index in [1.54, 1.807) is 12.3 Å². The van der Waals surface area contributed by atoms with Gasteiger partial charge in [-0.2, -0.15) is 5.10 Å². The summed E-state index contributed by atoms with van der Waals surface area (Å²) >= 11 is 0. The molecule has 1 aromatic rings. The van der Waals surface area contributed by atoms with Crippen molar-refractivity contribution in [2.24, 2.45) is 0 Å². The van der Waals surface area contributed by atoms with Gasteiger partial charge in [-0.1, -0.05) is 6.92 Å². The summed E-state index contributed by atoms with van der Waals surface area (Å²) < 4.78 is 0. The number of carbonyl (C=O) groups excluding carboxylic acids is 1. The van der Waals surface area contributed by atoms with E-state index in [0.29, 0.717) is 18.8 Å². The molecule has 0 aliphatic rings. The smallest absolute Gasteiger partial charge is 0.221 e. The van der Waals surface area contributed by atoms with E-state index in [2.05, 4.69) is 20.8 Å². The Balaban J connectivity index is 2.14. The summed E-state index contributed by atoms with van der Waals surface area (Å²) in [7, 11) is 0. The van der Waals surface area contributed by atoms with E-state index in [-0.39, 0.29) is 5.91 Å². The number of amides is 1.